The van der Waals surface area contributed by atoms with Crippen LogP contribution in [-0.2, 0) is 44.4 Å². The van der Waals surface area contributed by atoms with E-state index in [0.29, 0.717) is 29.0 Å². The second-order valence-electron chi connectivity index (χ2n) is 14.0. The standard InChI is InChI=1S/C30H46O2.V.W/c1-19-21-10-13-29(7)25(27(21,5)12-11-24(19)32)9-8-22-23-18-26(3,4)14-16-30(23,20(2)31)17-15-28(22,29)6;;/h8,17,21,23-25,32H,9-16,18H2,1-7H3;;/q-2;;/t21-,23?,24-,25?,27?,28+,29?,30+;;/m0../s1. The van der Waals surface area contributed by atoms with E-state index >= 15 is 0 Å². The Labute approximate surface area is 235 Å². The van der Waals surface area contributed by atoms with Crippen molar-refractivity contribution in [3.63, 3.8) is 0 Å². The van der Waals surface area contributed by atoms with Gasteiger partial charge in [-0.2, -0.15) is 19.3 Å². The molecule has 4 fully saturated rings. The number of ketones is 1. The maximum Gasteiger partial charge on any atom is 0.106 e. The Morgan fingerprint density at radius 3 is 2.41 bits per heavy atom. The zero-order valence-corrected chi connectivity index (χ0v) is 26.9. The molecule has 0 heterocycles. The predicted octanol–water partition coefficient (Wildman–Crippen LogP) is 7.12. The first kappa shape index (κ1) is 29.2. The molecule has 0 aliphatic heterocycles. The van der Waals surface area contributed by atoms with Gasteiger partial charge in [-0.25, -0.2) is 0 Å². The van der Waals surface area contributed by atoms with Crippen molar-refractivity contribution in [3.8, 4) is 0 Å². The van der Waals surface area contributed by atoms with Crippen LogP contribution in [-0.4, -0.2) is 17.0 Å². The average Bonchev–Trinajstić information content (AvgIpc) is 2.71. The SMILES string of the molecule is CC(=O)[C@@]12[CH-]C[C@]3(C)C(=CCC4C5(C)CC[C@H](O)[C-](C)[C@@H]5CCC43C)C1CC(C)(C)CC2.[V].[W]. The Kier molecular flexibility index (Phi) is 7.85. The number of hydrogen-bond donors (Lipinski definition) is 1. The number of hydrogen-bond acceptors (Lipinski definition) is 2. The molecule has 0 amide bonds. The molecule has 34 heavy (non-hydrogen) atoms. The summed E-state index contributed by atoms with van der Waals surface area (Å²) in [5, 5.41) is 10.6. The molecule has 4 heteroatoms. The minimum absolute atomic E-state index is 0. The molecule has 2 nitrogen and oxygen atoms in total. The van der Waals surface area contributed by atoms with E-state index < -0.39 is 0 Å². The predicted molar refractivity (Wildman–Crippen MR) is 131 cm³/mol. The largest absolute Gasteiger partial charge is 0.425 e. The van der Waals surface area contributed by atoms with Crippen molar-refractivity contribution in [1.29, 1.82) is 0 Å². The van der Waals surface area contributed by atoms with Gasteiger partial charge in [0, 0.05) is 39.6 Å². The van der Waals surface area contributed by atoms with E-state index in [1.165, 1.54) is 18.8 Å². The van der Waals surface area contributed by atoms with E-state index in [1.807, 2.05) is 6.92 Å². The molecule has 4 saturated carbocycles. The number of carbonyl (C=O) groups is 1. The molecule has 191 valence electrons. The third-order valence-electron chi connectivity index (χ3n) is 12.3. The maximum atomic E-state index is 13.1. The summed E-state index contributed by atoms with van der Waals surface area (Å²) in [5.41, 5.74) is 2.40. The Balaban J connectivity index is 0.00000162. The van der Waals surface area contributed by atoms with Gasteiger partial charge < -0.3 is 16.3 Å². The molecule has 4 unspecified atom stereocenters. The number of rotatable bonds is 1. The van der Waals surface area contributed by atoms with Gasteiger partial charge in [-0.05, 0) is 67.1 Å². The van der Waals surface area contributed by atoms with Crippen molar-refractivity contribution in [3.05, 3.63) is 24.0 Å². The number of allylic oxidation sites excluding steroid dienone is 2. The molecule has 0 aromatic rings. The fourth-order valence-corrected chi connectivity index (χ4v) is 9.93. The van der Waals surface area contributed by atoms with Gasteiger partial charge in [-0.3, -0.25) is 5.92 Å². The van der Waals surface area contributed by atoms with E-state index in [-0.39, 0.29) is 67.4 Å². The van der Waals surface area contributed by atoms with Gasteiger partial charge >= 0.3 is 0 Å². The van der Waals surface area contributed by atoms with E-state index in [9.17, 15) is 9.90 Å². The summed E-state index contributed by atoms with van der Waals surface area (Å²) in [7, 11) is 0. The first-order valence-electron chi connectivity index (χ1n) is 13.4. The number of fused-ring (bicyclic) bond motifs is 7. The topological polar surface area (TPSA) is 37.3 Å². The van der Waals surface area contributed by atoms with Gasteiger partial charge in [0.2, 0.25) is 0 Å². The van der Waals surface area contributed by atoms with Gasteiger partial charge in [-0.1, -0.05) is 82.5 Å². The first-order valence-corrected chi connectivity index (χ1v) is 13.4. The minimum atomic E-state index is -0.232. The summed E-state index contributed by atoms with van der Waals surface area (Å²) in [4.78, 5) is 13.1. The van der Waals surface area contributed by atoms with Crippen LogP contribution in [0.4, 0.5) is 0 Å². The van der Waals surface area contributed by atoms with E-state index in [4.69, 9.17) is 0 Å². The summed E-state index contributed by atoms with van der Waals surface area (Å²) in [6.45, 7) is 16.6. The molecule has 0 bridgehead atoms. The molecular weight excluding hydrogens is 627 g/mol. The third-order valence-corrected chi connectivity index (χ3v) is 12.3. The summed E-state index contributed by atoms with van der Waals surface area (Å²) in [5.74, 6) is 3.34. The summed E-state index contributed by atoms with van der Waals surface area (Å²) in [6, 6.07) is 0. The molecule has 0 spiro atoms. The number of aliphatic hydroxyl groups is 1. The van der Waals surface area contributed by atoms with E-state index in [1.54, 1.807) is 5.57 Å². The summed E-state index contributed by atoms with van der Waals surface area (Å²) >= 11 is 0. The molecule has 5 aliphatic carbocycles. The molecule has 5 aliphatic rings. The van der Waals surface area contributed by atoms with Crippen LogP contribution in [0.1, 0.15) is 106 Å². The van der Waals surface area contributed by atoms with Crippen molar-refractivity contribution < 1.29 is 49.5 Å². The van der Waals surface area contributed by atoms with Gasteiger partial charge in [0.15, 0.2) is 0 Å². The van der Waals surface area contributed by atoms with Gasteiger partial charge in [0.25, 0.3) is 0 Å². The quantitative estimate of drug-likeness (QED) is 0.238. The number of aliphatic hydroxyl groups excluding tert-OH is 1. The Bertz CT molecular complexity index is 853. The molecule has 1 N–H and O–H groups in total. The fourth-order valence-electron chi connectivity index (χ4n) is 9.93. The van der Waals surface area contributed by atoms with Crippen molar-refractivity contribution in [2.45, 2.75) is 112 Å². The molecule has 0 saturated heterocycles. The second-order valence-corrected chi connectivity index (χ2v) is 14.0. The molecule has 1 radical (unpaired) electrons. The number of Topliss-reactive ketones (excluding diaryl/α,β-unsaturated/α-hetero) is 1. The zero-order chi connectivity index (χ0) is 23.3. The molecule has 5 rings (SSSR count). The van der Waals surface area contributed by atoms with Crippen LogP contribution >= 0.6 is 0 Å². The molecule has 8 atom stereocenters. The van der Waals surface area contributed by atoms with Crippen LogP contribution in [0.25, 0.3) is 0 Å². The van der Waals surface area contributed by atoms with Gasteiger partial charge in [0.1, 0.15) is 5.78 Å². The summed E-state index contributed by atoms with van der Waals surface area (Å²) < 4.78 is 0. The van der Waals surface area contributed by atoms with Crippen LogP contribution in [0, 0.1) is 57.2 Å². The maximum absolute atomic E-state index is 13.1. The molecule has 0 aromatic carbocycles. The first-order chi connectivity index (χ1) is 14.8. The van der Waals surface area contributed by atoms with Crippen LogP contribution in [0.15, 0.2) is 11.6 Å². The number of carbonyl (C=O) groups excluding carboxylic acids is 1. The Morgan fingerprint density at radius 2 is 1.76 bits per heavy atom. The van der Waals surface area contributed by atoms with Crippen LogP contribution in [0.3, 0.4) is 0 Å². The fraction of sp³-hybridized carbons (Fsp3) is 0.833. The van der Waals surface area contributed by atoms with Crippen molar-refractivity contribution in [2.24, 2.45) is 44.8 Å². The van der Waals surface area contributed by atoms with Crippen LogP contribution in [0.5, 0.6) is 0 Å². The van der Waals surface area contributed by atoms with Gasteiger partial charge in [0.05, 0.1) is 0 Å². The van der Waals surface area contributed by atoms with Gasteiger partial charge in [-0.15, -0.1) is 0 Å². The second kappa shape index (κ2) is 9.14. The summed E-state index contributed by atoms with van der Waals surface area (Å²) in [6.07, 6.45) is 15.0. The van der Waals surface area contributed by atoms with Crippen LogP contribution in [0.2, 0.25) is 0 Å². The molecule has 0 aromatic heterocycles. The Hall–Kier alpha value is 0.643. The van der Waals surface area contributed by atoms with Crippen molar-refractivity contribution >= 4 is 5.78 Å². The normalized spacial score (nSPS) is 49.6. The smallest absolute Gasteiger partial charge is 0.106 e. The Morgan fingerprint density at radius 1 is 1.09 bits per heavy atom. The zero-order valence-electron chi connectivity index (χ0n) is 22.5. The minimum Gasteiger partial charge on any atom is -0.425 e. The third kappa shape index (κ3) is 3.73. The van der Waals surface area contributed by atoms with Crippen LogP contribution < -0.4 is 0 Å². The van der Waals surface area contributed by atoms with E-state index in [0.717, 1.165) is 44.9 Å². The molecular formula is C30H46O2VW-2. The monoisotopic (exact) mass is 673 g/mol. The van der Waals surface area contributed by atoms with Crippen molar-refractivity contribution in [2.75, 3.05) is 0 Å². The average molecular weight is 673 g/mol. The van der Waals surface area contributed by atoms with Crippen molar-refractivity contribution in [1.82, 2.24) is 0 Å². The van der Waals surface area contributed by atoms with E-state index in [2.05, 4.69) is 54.0 Å².